The van der Waals surface area contributed by atoms with Crippen molar-refractivity contribution in [2.75, 3.05) is 7.11 Å². The second-order valence-electron chi connectivity index (χ2n) is 5.85. The second kappa shape index (κ2) is 7.30. The van der Waals surface area contributed by atoms with Gasteiger partial charge in [-0.2, -0.15) is 0 Å². The van der Waals surface area contributed by atoms with Gasteiger partial charge in [-0.1, -0.05) is 19.3 Å². The molecule has 1 aromatic rings. The molecule has 1 amide bonds. The number of ether oxygens (including phenoxy) is 1. The summed E-state index contributed by atoms with van der Waals surface area (Å²) in [5.74, 6) is 0.866. The van der Waals surface area contributed by atoms with Crippen LogP contribution in [0.3, 0.4) is 0 Å². The minimum atomic E-state index is 0.0107. The molecule has 21 heavy (non-hydrogen) atoms. The summed E-state index contributed by atoms with van der Waals surface area (Å²) in [6, 6.07) is 4.34. The second-order valence-corrected chi connectivity index (χ2v) is 5.85. The van der Waals surface area contributed by atoms with Gasteiger partial charge in [0, 0.05) is 12.1 Å². The van der Waals surface area contributed by atoms with E-state index in [2.05, 4.69) is 5.32 Å². The van der Waals surface area contributed by atoms with E-state index in [-0.39, 0.29) is 5.91 Å². The van der Waals surface area contributed by atoms with Crippen LogP contribution in [0.25, 0.3) is 6.08 Å². The third kappa shape index (κ3) is 4.35. The van der Waals surface area contributed by atoms with E-state index in [4.69, 9.17) is 4.74 Å². The minimum Gasteiger partial charge on any atom is -0.497 e. The standard InChI is InChI=1S/C18H25NO2/c1-13-11-16(21-3)12-14(2)17(13)9-10-18(20)19-15-7-5-4-6-8-15/h9-12,15H,4-8H2,1-3H3,(H,19,20)/b10-9+. The van der Waals surface area contributed by atoms with E-state index in [0.29, 0.717) is 6.04 Å². The Bertz CT molecular complexity index is 505. The topological polar surface area (TPSA) is 38.3 Å². The number of carbonyl (C=O) groups is 1. The Morgan fingerprint density at radius 2 is 1.81 bits per heavy atom. The largest absolute Gasteiger partial charge is 0.497 e. The van der Waals surface area contributed by atoms with Crippen molar-refractivity contribution < 1.29 is 9.53 Å². The lowest BCUT2D eigenvalue weighted by molar-refractivity contribution is -0.117. The predicted octanol–water partition coefficient (Wildman–Crippen LogP) is 3.77. The molecule has 2 rings (SSSR count). The number of rotatable bonds is 4. The quantitative estimate of drug-likeness (QED) is 0.856. The molecule has 3 nitrogen and oxygen atoms in total. The Morgan fingerprint density at radius 3 is 2.38 bits per heavy atom. The van der Waals surface area contributed by atoms with Crippen LogP contribution in [0.2, 0.25) is 0 Å². The third-order valence-electron chi connectivity index (χ3n) is 4.16. The fourth-order valence-corrected chi connectivity index (χ4v) is 2.97. The van der Waals surface area contributed by atoms with Gasteiger partial charge in [0.15, 0.2) is 0 Å². The molecule has 0 spiro atoms. The summed E-state index contributed by atoms with van der Waals surface area (Å²) in [7, 11) is 1.67. The highest BCUT2D eigenvalue weighted by molar-refractivity contribution is 5.92. The van der Waals surface area contributed by atoms with Crippen LogP contribution in [0.4, 0.5) is 0 Å². The first-order valence-corrected chi connectivity index (χ1v) is 7.74. The van der Waals surface area contributed by atoms with Crippen molar-refractivity contribution in [2.45, 2.75) is 52.0 Å². The van der Waals surface area contributed by atoms with Crippen LogP contribution in [0.15, 0.2) is 18.2 Å². The van der Waals surface area contributed by atoms with Gasteiger partial charge in [-0.05, 0) is 61.6 Å². The number of nitrogens with one attached hydrogen (secondary N) is 1. The van der Waals surface area contributed by atoms with Crippen LogP contribution in [-0.2, 0) is 4.79 Å². The molecular formula is C18H25NO2. The molecule has 1 aromatic carbocycles. The fraction of sp³-hybridized carbons (Fsp3) is 0.500. The van der Waals surface area contributed by atoms with Gasteiger partial charge in [-0.15, -0.1) is 0 Å². The molecule has 0 unspecified atom stereocenters. The van der Waals surface area contributed by atoms with Gasteiger partial charge in [0.25, 0.3) is 0 Å². The smallest absolute Gasteiger partial charge is 0.244 e. The summed E-state index contributed by atoms with van der Waals surface area (Å²) in [5, 5.41) is 3.10. The maximum atomic E-state index is 12.0. The number of hydrogen-bond acceptors (Lipinski definition) is 2. The van der Waals surface area contributed by atoms with Gasteiger partial charge >= 0.3 is 0 Å². The summed E-state index contributed by atoms with van der Waals surface area (Å²) in [4.78, 5) is 12.0. The molecule has 114 valence electrons. The van der Waals surface area contributed by atoms with E-state index in [0.717, 1.165) is 35.3 Å². The van der Waals surface area contributed by atoms with Crippen molar-refractivity contribution >= 4 is 12.0 Å². The average Bonchev–Trinajstić information content (AvgIpc) is 2.47. The maximum Gasteiger partial charge on any atom is 0.244 e. The zero-order valence-corrected chi connectivity index (χ0v) is 13.2. The van der Waals surface area contributed by atoms with Crippen LogP contribution in [0.1, 0.15) is 48.8 Å². The lowest BCUT2D eigenvalue weighted by Crippen LogP contribution is -2.34. The van der Waals surface area contributed by atoms with Gasteiger partial charge in [-0.3, -0.25) is 4.79 Å². The number of methoxy groups -OCH3 is 1. The van der Waals surface area contributed by atoms with Crippen LogP contribution >= 0.6 is 0 Å². The van der Waals surface area contributed by atoms with Crippen molar-refractivity contribution in [3.8, 4) is 5.75 Å². The highest BCUT2D eigenvalue weighted by atomic mass is 16.5. The Hall–Kier alpha value is -1.77. The molecule has 0 heterocycles. The number of aryl methyl sites for hydroxylation is 2. The highest BCUT2D eigenvalue weighted by Crippen LogP contribution is 2.23. The highest BCUT2D eigenvalue weighted by Gasteiger charge is 2.14. The maximum absolute atomic E-state index is 12.0. The number of benzene rings is 1. The summed E-state index contributed by atoms with van der Waals surface area (Å²) in [5.41, 5.74) is 3.33. The van der Waals surface area contributed by atoms with Crippen LogP contribution in [0, 0.1) is 13.8 Å². The summed E-state index contributed by atoms with van der Waals surface area (Å²) in [6.07, 6.45) is 9.53. The number of hydrogen-bond donors (Lipinski definition) is 1. The van der Waals surface area contributed by atoms with Crippen molar-refractivity contribution in [1.29, 1.82) is 0 Å². The number of amides is 1. The van der Waals surface area contributed by atoms with E-state index >= 15 is 0 Å². The van der Waals surface area contributed by atoms with E-state index in [1.807, 2.05) is 32.1 Å². The molecule has 0 saturated heterocycles. The first kappa shape index (κ1) is 15.6. The van der Waals surface area contributed by atoms with Crippen molar-refractivity contribution in [1.82, 2.24) is 5.32 Å². The van der Waals surface area contributed by atoms with Crippen molar-refractivity contribution in [3.63, 3.8) is 0 Å². The first-order chi connectivity index (χ1) is 10.1. The van der Waals surface area contributed by atoms with Crippen molar-refractivity contribution in [2.24, 2.45) is 0 Å². The van der Waals surface area contributed by atoms with Gasteiger partial charge in [-0.25, -0.2) is 0 Å². The monoisotopic (exact) mass is 287 g/mol. The van der Waals surface area contributed by atoms with Crippen LogP contribution in [0.5, 0.6) is 5.75 Å². The molecular weight excluding hydrogens is 262 g/mol. The SMILES string of the molecule is COc1cc(C)c(/C=C/C(=O)NC2CCCCC2)c(C)c1. The Morgan fingerprint density at radius 1 is 1.19 bits per heavy atom. The van der Waals surface area contributed by atoms with Gasteiger partial charge in [0.05, 0.1) is 7.11 Å². The molecule has 1 aliphatic rings. The first-order valence-electron chi connectivity index (χ1n) is 7.74. The summed E-state index contributed by atoms with van der Waals surface area (Å²) >= 11 is 0. The Labute approximate surface area is 127 Å². The molecule has 0 atom stereocenters. The van der Waals surface area contributed by atoms with Crippen molar-refractivity contribution in [3.05, 3.63) is 34.9 Å². The molecule has 0 aliphatic heterocycles. The molecule has 1 saturated carbocycles. The van der Waals surface area contributed by atoms with Gasteiger partial charge < -0.3 is 10.1 Å². The van der Waals surface area contributed by atoms with Gasteiger partial charge in [0.1, 0.15) is 5.75 Å². The van der Waals surface area contributed by atoms with E-state index in [1.54, 1.807) is 13.2 Å². The zero-order chi connectivity index (χ0) is 15.2. The molecule has 1 aliphatic carbocycles. The fourth-order valence-electron chi connectivity index (χ4n) is 2.97. The number of carbonyl (C=O) groups excluding carboxylic acids is 1. The summed E-state index contributed by atoms with van der Waals surface area (Å²) in [6.45, 7) is 4.07. The van der Waals surface area contributed by atoms with E-state index in [1.165, 1.54) is 19.3 Å². The zero-order valence-electron chi connectivity index (χ0n) is 13.2. The summed E-state index contributed by atoms with van der Waals surface area (Å²) < 4.78 is 5.25. The molecule has 0 radical (unpaired) electrons. The third-order valence-corrected chi connectivity index (χ3v) is 4.16. The average molecular weight is 287 g/mol. The lowest BCUT2D eigenvalue weighted by atomic mass is 9.95. The molecule has 0 bridgehead atoms. The van der Waals surface area contributed by atoms with E-state index in [9.17, 15) is 4.79 Å². The Balaban J connectivity index is 2.01. The molecule has 1 fully saturated rings. The lowest BCUT2D eigenvalue weighted by Gasteiger charge is -2.21. The van der Waals surface area contributed by atoms with Crippen LogP contribution < -0.4 is 10.1 Å². The molecule has 0 aromatic heterocycles. The molecule has 1 N–H and O–H groups in total. The normalized spacial score (nSPS) is 16.1. The predicted molar refractivity (Wildman–Crippen MR) is 86.5 cm³/mol. The van der Waals surface area contributed by atoms with Gasteiger partial charge in [0.2, 0.25) is 5.91 Å². The Kier molecular flexibility index (Phi) is 5.43. The van der Waals surface area contributed by atoms with Crippen LogP contribution in [-0.4, -0.2) is 19.1 Å². The minimum absolute atomic E-state index is 0.0107. The van der Waals surface area contributed by atoms with E-state index < -0.39 is 0 Å². The molecule has 3 heteroatoms.